The molecule has 96 valence electrons. The summed E-state index contributed by atoms with van der Waals surface area (Å²) in [5.74, 6) is 0.782. The van der Waals surface area contributed by atoms with Gasteiger partial charge in [-0.1, -0.05) is 41.0 Å². The zero-order valence-corrected chi connectivity index (χ0v) is 12.1. The molecule has 6 heteroatoms. The minimum Gasteiger partial charge on any atom is -0.332 e. The Balaban J connectivity index is 1.76. The molecule has 0 radical (unpaired) electrons. The highest BCUT2D eigenvalue weighted by atomic mass is 35.5. The molecular weight excluding hydrogens is 301 g/mol. The summed E-state index contributed by atoms with van der Waals surface area (Å²) in [6, 6.07) is 7.53. The lowest BCUT2D eigenvalue weighted by molar-refractivity contribution is 1.08. The van der Waals surface area contributed by atoms with E-state index < -0.39 is 0 Å². The van der Waals surface area contributed by atoms with Crippen molar-refractivity contribution in [2.24, 2.45) is 0 Å². The van der Waals surface area contributed by atoms with E-state index in [0.29, 0.717) is 10.0 Å². The number of nitrogens with zero attached hydrogens (tertiary/aromatic N) is 2. The Kier molecular flexibility index (Phi) is 3.64. The van der Waals surface area contributed by atoms with Crippen LogP contribution in [0.3, 0.4) is 0 Å². The fourth-order valence-corrected chi connectivity index (χ4v) is 2.83. The van der Waals surface area contributed by atoms with Crippen molar-refractivity contribution in [1.82, 2.24) is 15.0 Å². The highest BCUT2D eigenvalue weighted by molar-refractivity contribution is 7.98. The maximum Gasteiger partial charge on any atom is 0.166 e. The van der Waals surface area contributed by atoms with Crippen LogP contribution in [0.25, 0.3) is 11.0 Å². The third kappa shape index (κ3) is 2.86. The molecule has 1 N–H and O–H groups in total. The van der Waals surface area contributed by atoms with Crippen LogP contribution >= 0.6 is 35.0 Å². The third-order valence-electron chi connectivity index (χ3n) is 2.62. The number of benzene rings is 1. The van der Waals surface area contributed by atoms with Crippen LogP contribution < -0.4 is 0 Å². The average Bonchev–Trinajstić information content (AvgIpc) is 2.83. The summed E-state index contributed by atoms with van der Waals surface area (Å²) >= 11 is 13.5. The second-order valence-electron chi connectivity index (χ2n) is 3.97. The van der Waals surface area contributed by atoms with Gasteiger partial charge in [0.25, 0.3) is 0 Å². The van der Waals surface area contributed by atoms with E-state index in [1.165, 1.54) is 0 Å². The van der Waals surface area contributed by atoms with Gasteiger partial charge in [-0.3, -0.25) is 4.98 Å². The Morgan fingerprint density at radius 1 is 1.16 bits per heavy atom. The number of aromatic amines is 1. The Morgan fingerprint density at radius 2 is 2.05 bits per heavy atom. The first-order chi connectivity index (χ1) is 9.22. The molecule has 0 spiro atoms. The minimum absolute atomic E-state index is 0.574. The van der Waals surface area contributed by atoms with Gasteiger partial charge in [-0.05, 0) is 23.8 Å². The van der Waals surface area contributed by atoms with Crippen LogP contribution in [-0.2, 0) is 5.75 Å². The second kappa shape index (κ2) is 5.41. The van der Waals surface area contributed by atoms with Gasteiger partial charge in [-0.15, -0.1) is 0 Å². The molecule has 0 aliphatic heterocycles. The third-order valence-corrected chi connectivity index (χ3v) is 4.30. The van der Waals surface area contributed by atoms with Crippen LogP contribution in [0.5, 0.6) is 0 Å². The van der Waals surface area contributed by atoms with Crippen LogP contribution in [0.2, 0.25) is 10.0 Å². The summed E-state index contributed by atoms with van der Waals surface area (Å²) < 4.78 is 0. The van der Waals surface area contributed by atoms with Crippen LogP contribution in [-0.4, -0.2) is 15.0 Å². The lowest BCUT2D eigenvalue weighted by Gasteiger charge is -2.01. The number of H-pyrrole nitrogens is 1. The molecule has 0 saturated carbocycles. The molecule has 3 nitrogen and oxygen atoms in total. The van der Waals surface area contributed by atoms with Crippen molar-refractivity contribution in [2.45, 2.75) is 10.9 Å². The Hall–Kier alpha value is -1.23. The zero-order valence-electron chi connectivity index (χ0n) is 9.73. The number of aromatic nitrogens is 3. The number of rotatable bonds is 3. The van der Waals surface area contributed by atoms with Gasteiger partial charge in [0.2, 0.25) is 0 Å². The van der Waals surface area contributed by atoms with E-state index in [2.05, 4.69) is 15.0 Å². The Morgan fingerprint density at radius 3 is 2.84 bits per heavy atom. The topological polar surface area (TPSA) is 41.6 Å². The van der Waals surface area contributed by atoms with E-state index in [-0.39, 0.29) is 0 Å². The molecule has 0 atom stereocenters. The van der Waals surface area contributed by atoms with E-state index in [1.54, 1.807) is 24.2 Å². The summed E-state index contributed by atoms with van der Waals surface area (Å²) in [4.78, 5) is 11.8. The molecule has 0 saturated heterocycles. The van der Waals surface area contributed by atoms with E-state index in [1.807, 2.05) is 24.3 Å². The molecule has 0 aliphatic rings. The van der Waals surface area contributed by atoms with Crippen molar-refractivity contribution in [3.05, 3.63) is 52.3 Å². The normalized spacial score (nSPS) is 11.1. The second-order valence-corrected chi connectivity index (χ2v) is 5.75. The van der Waals surface area contributed by atoms with Gasteiger partial charge >= 0.3 is 0 Å². The molecule has 1 aromatic carbocycles. The van der Waals surface area contributed by atoms with Crippen molar-refractivity contribution in [3.63, 3.8) is 0 Å². The summed E-state index contributed by atoms with van der Waals surface area (Å²) in [5.41, 5.74) is 2.98. The number of nitrogens with one attached hydrogen (secondary N) is 1. The quantitative estimate of drug-likeness (QED) is 0.721. The highest BCUT2D eigenvalue weighted by Gasteiger charge is 2.05. The molecule has 19 heavy (non-hydrogen) atoms. The minimum atomic E-state index is 0.574. The number of pyridine rings is 1. The molecule has 0 fully saturated rings. The molecule has 0 bridgehead atoms. The molecule has 2 heterocycles. The predicted octanol–water partition coefficient (Wildman–Crippen LogP) is 4.56. The first-order valence-electron chi connectivity index (χ1n) is 5.59. The molecule has 2 aromatic heterocycles. The number of imidazole rings is 1. The first kappa shape index (κ1) is 12.8. The predicted molar refractivity (Wildman–Crippen MR) is 79.9 cm³/mol. The van der Waals surface area contributed by atoms with Gasteiger partial charge in [0.1, 0.15) is 0 Å². The zero-order chi connectivity index (χ0) is 13.2. The van der Waals surface area contributed by atoms with E-state index in [0.717, 1.165) is 27.5 Å². The van der Waals surface area contributed by atoms with Crippen molar-refractivity contribution >= 4 is 46.0 Å². The number of hydrogen-bond donors (Lipinski definition) is 1. The average molecular weight is 310 g/mol. The van der Waals surface area contributed by atoms with Crippen molar-refractivity contribution in [2.75, 3.05) is 0 Å². The summed E-state index contributed by atoms with van der Waals surface area (Å²) in [6.45, 7) is 0. The monoisotopic (exact) mass is 309 g/mol. The molecule has 3 rings (SSSR count). The Bertz CT molecular complexity index is 694. The van der Waals surface area contributed by atoms with Gasteiger partial charge in [0, 0.05) is 11.9 Å². The van der Waals surface area contributed by atoms with E-state index in [9.17, 15) is 0 Å². The van der Waals surface area contributed by atoms with Crippen LogP contribution in [0, 0.1) is 0 Å². The number of halogens is 2. The smallest absolute Gasteiger partial charge is 0.166 e. The van der Waals surface area contributed by atoms with Gasteiger partial charge in [0.15, 0.2) is 5.16 Å². The molecule has 0 aliphatic carbocycles. The van der Waals surface area contributed by atoms with Crippen LogP contribution in [0.15, 0.2) is 41.8 Å². The van der Waals surface area contributed by atoms with Gasteiger partial charge < -0.3 is 4.98 Å². The fraction of sp³-hybridized carbons (Fsp3) is 0.0769. The van der Waals surface area contributed by atoms with Crippen molar-refractivity contribution < 1.29 is 0 Å². The molecule has 3 aromatic rings. The molecular formula is C13H9Cl2N3S. The van der Waals surface area contributed by atoms with Crippen LogP contribution in [0.4, 0.5) is 0 Å². The first-order valence-corrected chi connectivity index (χ1v) is 7.33. The van der Waals surface area contributed by atoms with Gasteiger partial charge in [-0.25, -0.2) is 4.98 Å². The Labute approximate surface area is 124 Å². The summed E-state index contributed by atoms with van der Waals surface area (Å²) in [6.07, 6.45) is 3.50. The maximum absolute atomic E-state index is 5.99. The van der Waals surface area contributed by atoms with Gasteiger partial charge in [-0.2, -0.15) is 0 Å². The fourth-order valence-electron chi connectivity index (χ4n) is 1.68. The largest absolute Gasteiger partial charge is 0.332 e. The lowest BCUT2D eigenvalue weighted by atomic mass is 10.2. The maximum atomic E-state index is 5.99. The lowest BCUT2D eigenvalue weighted by Crippen LogP contribution is -1.82. The van der Waals surface area contributed by atoms with E-state index >= 15 is 0 Å². The molecule has 0 unspecified atom stereocenters. The highest BCUT2D eigenvalue weighted by Crippen LogP contribution is 2.27. The summed E-state index contributed by atoms with van der Waals surface area (Å²) in [5, 5.41) is 2.02. The SMILES string of the molecule is Clc1ccc(CSc2nc3ccncc3[nH]2)cc1Cl. The van der Waals surface area contributed by atoms with Crippen LogP contribution in [0.1, 0.15) is 5.56 Å². The standard InChI is InChI=1S/C13H9Cl2N3S/c14-9-2-1-8(5-10(9)15)7-19-13-17-11-3-4-16-6-12(11)18-13/h1-6H,7H2,(H,17,18). The number of hydrogen-bond acceptors (Lipinski definition) is 3. The van der Waals surface area contributed by atoms with Crippen molar-refractivity contribution in [3.8, 4) is 0 Å². The van der Waals surface area contributed by atoms with Gasteiger partial charge in [0.05, 0.1) is 27.3 Å². The number of fused-ring (bicyclic) bond motifs is 1. The number of thioether (sulfide) groups is 1. The van der Waals surface area contributed by atoms with Crippen molar-refractivity contribution in [1.29, 1.82) is 0 Å². The van der Waals surface area contributed by atoms with E-state index in [4.69, 9.17) is 23.2 Å². The summed E-state index contributed by atoms with van der Waals surface area (Å²) in [7, 11) is 0. The molecule has 0 amide bonds.